The van der Waals surface area contributed by atoms with Gasteiger partial charge in [0.25, 0.3) is 0 Å². The highest BCUT2D eigenvalue weighted by Crippen LogP contribution is 2.22. The molecule has 3 aromatic rings. The number of nitrogens with zero attached hydrogens (tertiary/aromatic N) is 3. The number of aryl methyl sites for hydroxylation is 1. The molecule has 0 amide bonds. The maximum atomic E-state index is 5.84. The summed E-state index contributed by atoms with van der Waals surface area (Å²) in [5.74, 6) is 1.77. The Labute approximate surface area is 151 Å². The summed E-state index contributed by atoms with van der Waals surface area (Å²) in [6.07, 6.45) is 3.10. The van der Waals surface area contributed by atoms with Gasteiger partial charge in [-0.1, -0.05) is 23.7 Å². The van der Waals surface area contributed by atoms with Gasteiger partial charge in [0.15, 0.2) is 0 Å². The molecule has 3 N–H and O–H groups in total. The number of rotatable bonds is 6. The number of benzene rings is 1. The molecule has 0 aliphatic carbocycles. The van der Waals surface area contributed by atoms with Crippen LogP contribution in [0, 0.1) is 6.92 Å². The molecule has 0 aliphatic rings. The zero-order valence-corrected chi connectivity index (χ0v) is 14.5. The van der Waals surface area contributed by atoms with E-state index in [1.165, 1.54) is 0 Å². The van der Waals surface area contributed by atoms with Crippen LogP contribution in [0.15, 0.2) is 48.8 Å². The summed E-state index contributed by atoms with van der Waals surface area (Å²) in [6.45, 7) is 2.98. The lowest BCUT2D eigenvalue weighted by Gasteiger charge is -2.10. The number of pyridine rings is 1. The number of hydrogen-bond acceptors (Lipinski definition) is 6. The molecule has 0 aliphatic heterocycles. The van der Waals surface area contributed by atoms with Crippen LogP contribution >= 0.6 is 11.6 Å². The standard InChI is InChI=1S/C18H18ClN5O/c1-12-6-14(9-21-18-22-10-15(19)11-23-18)7-17(24-12)25-16-4-2-13(8-20)3-5-16/h2-7,10-11H,8-9,20H2,1H3,(H,21,22,23). The molecule has 6 nitrogen and oxygen atoms in total. The van der Waals surface area contributed by atoms with E-state index in [0.29, 0.717) is 29.9 Å². The van der Waals surface area contributed by atoms with Gasteiger partial charge in [-0.05, 0) is 36.2 Å². The van der Waals surface area contributed by atoms with Crippen molar-refractivity contribution in [1.82, 2.24) is 15.0 Å². The van der Waals surface area contributed by atoms with Crippen LogP contribution in [0.3, 0.4) is 0 Å². The van der Waals surface area contributed by atoms with Crippen molar-refractivity contribution in [2.75, 3.05) is 5.32 Å². The molecule has 7 heteroatoms. The fraction of sp³-hybridized carbons (Fsp3) is 0.167. The summed E-state index contributed by atoms with van der Waals surface area (Å²) in [4.78, 5) is 12.6. The second kappa shape index (κ2) is 7.92. The molecule has 0 radical (unpaired) electrons. The van der Waals surface area contributed by atoms with E-state index in [4.69, 9.17) is 22.1 Å². The van der Waals surface area contributed by atoms with Crippen LogP contribution in [0.1, 0.15) is 16.8 Å². The molecular formula is C18H18ClN5O. The molecule has 1 aromatic carbocycles. The molecule has 2 aromatic heterocycles. The fourth-order valence-electron chi connectivity index (χ4n) is 2.26. The van der Waals surface area contributed by atoms with E-state index >= 15 is 0 Å². The molecule has 3 rings (SSSR count). The summed E-state index contributed by atoms with van der Waals surface area (Å²) in [5, 5.41) is 3.64. The largest absolute Gasteiger partial charge is 0.439 e. The second-order valence-electron chi connectivity index (χ2n) is 5.48. The average Bonchev–Trinajstić information content (AvgIpc) is 2.61. The monoisotopic (exact) mass is 355 g/mol. The Morgan fingerprint density at radius 2 is 1.80 bits per heavy atom. The Morgan fingerprint density at radius 3 is 2.48 bits per heavy atom. The number of nitrogens with one attached hydrogen (secondary N) is 1. The maximum Gasteiger partial charge on any atom is 0.222 e. The van der Waals surface area contributed by atoms with E-state index in [1.807, 2.05) is 43.3 Å². The minimum absolute atomic E-state index is 0.502. The SMILES string of the molecule is Cc1cc(CNc2ncc(Cl)cn2)cc(Oc2ccc(CN)cc2)n1. The highest BCUT2D eigenvalue weighted by molar-refractivity contribution is 6.30. The molecule has 25 heavy (non-hydrogen) atoms. The van der Waals surface area contributed by atoms with Gasteiger partial charge in [-0.25, -0.2) is 15.0 Å². The molecule has 0 saturated carbocycles. The summed E-state index contributed by atoms with van der Waals surface area (Å²) in [5.41, 5.74) is 8.54. The number of hydrogen-bond donors (Lipinski definition) is 2. The smallest absolute Gasteiger partial charge is 0.222 e. The summed E-state index contributed by atoms with van der Waals surface area (Å²) in [7, 11) is 0. The van der Waals surface area contributed by atoms with Gasteiger partial charge in [0.05, 0.1) is 17.4 Å². The van der Waals surface area contributed by atoms with Crippen LogP contribution in [0.25, 0.3) is 0 Å². The summed E-state index contributed by atoms with van der Waals surface area (Å²) < 4.78 is 5.84. The number of ether oxygens (including phenoxy) is 1. The van der Waals surface area contributed by atoms with Crippen molar-refractivity contribution in [1.29, 1.82) is 0 Å². The molecule has 0 fully saturated rings. The zero-order chi connectivity index (χ0) is 17.6. The van der Waals surface area contributed by atoms with Crippen LogP contribution in [-0.2, 0) is 13.1 Å². The van der Waals surface area contributed by atoms with Gasteiger partial charge < -0.3 is 15.8 Å². The lowest BCUT2D eigenvalue weighted by molar-refractivity contribution is 0.460. The predicted molar refractivity (Wildman–Crippen MR) is 97.8 cm³/mol. The summed E-state index contributed by atoms with van der Waals surface area (Å²) in [6, 6.07) is 11.5. The minimum Gasteiger partial charge on any atom is -0.439 e. The third kappa shape index (κ3) is 4.89. The first kappa shape index (κ1) is 17.1. The van der Waals surface area contributed by atoms with E-state index in [1.54, 1.807) is 12.4 Å². The lowest BCUT2D eigenvalue weighted by Crippen LogP contribution is -2.04. The molecule has 128 valence electrons. The van der Waals surface area contributed by atoms with Gasteiger partial charge in [0, 0.05) is 24.8 Å². The minimum atomic E-state index is 0.502. The Hall–Kier alpha value is -2.70. The third-order valence-corrected chi connectivity index (χ3v) is 3.64. The van der Waals surface area contributed by atoms with Gasteiger partial charge in [0.1, 0.15) is 5.75 Å². The van der Waals surface area contributed by atoms with Crippen molar-refractivity contribution in [2.24, 2.45) is 5.73 Å². The Morgan fingerprint density at radius 1 is 1.08 bits per heavy atom. The quantitative estimate of drug-likeness (QED) is 0.701. The molecular weight excluding hydrogens is 338 g/mol. The van der Waals surface area contributed by atoms with E-state index < -0.39 is 0 Å². The van der Waals surface area contributed by atoms with E-state index in [9.17, 15) is 0 Å². The van der Waals surface area contributed by atoms with Crippen LogP contribution in [0.2, 0.25) is 5.02 Å². The number of anilines is 1. The van der Waals surface area contributed by atoms with Crippen LogP contribution in [0.5, 0.6) is 11.6 Å². The first-order valence-electron chi connectivity index (χ1n) is 7.78. The molecule has 0 saturated heterocycles. The lowest BCUT2D eigenvalue weighted by atomic mass is 10.2. The molecule has 0 spiro atoms. The Balaban J connectivity index is 1.69. The van der Waals surface area contributed by atoms with Gasteiger partial charge in [0.2, 0.25) is 11.8 Å². The van der Waals surface area contributed by atoms with E-state index in [2.05, 4.69) is 20.3 Å². The molecule has 0 bridgehead atoms. The normalized spacial score (nSPS) is 10.5. The van der Waals surface area contributed by atoms with E-state index in [0.717, 1.165) is 22.6 Å². The van der Waals surface area contributed by atoms with Crippen LogP contribution < -0.4 is 15.8 Å². The first-order chi connectivity index (χ1) is 12.1. The average molecular weight is 356 g/mol. The molecule has 2 heterocycles. The molecule has 0 atom stereocenters. The van der Waals surface area contributed by atoms with Crippen molar-refractivity contribution in [3.63, 3.8) is 0 Å². The molecule has 0 unspecified atom stereocenters. The van der Waals surface area contributed by atoms with Crippen molar-refractivity contribution in [3.8, 4) is 11.6 Å². The highest BCUT2D eigenvalue weighted by Gasteiger charge is 2.04. The van der Waals surface area contributed by atoms with Crippen molar-refractivity contribution in [3.05, 3.63) is 70.6 Å². The van der Waals surface area contributed by atoms with Crippen molar-refractivity contribution < 1.29 is 4.74 Å². The Kier molecular flexibility index (Phi) is 5.42. The van der Waals surface area contributed by atoms with E-state index in [-0.39, 0.29) is 0 Å². The summed E-state index contributed by atoms with van der Waals surface area (Å²) >= 11 is 5.78. The topological polar surface area (TPSA) is 86.0 Å². The van der Waals surface area contributed by atoms with Gasteiger partial charge in [-0.15, -0.1) is 0 Å². The Bertz CT molecular complexity index is 837. The fourth-order valence-corrected chi connectivity index (χ4v) is 2.36. The zero-order valence-electron chi connectivity index (χ0n) is 13.7. The number of nitrogens with two attached hydrogens (primary N) is 1. The number of aromatic nitrogens is 3. The maximum absolute atomic E-state index is 5.84. The second-order valence-corrected chi connectivity index (χ2v) is 5.92. The third-order valence-electron chi connectivity index (χ3n) is 3.44. The van der Waals surface area contributed by atoms with Crippen LogP contribution in [0.4, 0.5) is 5.95 Å². The predicted octanol–water partition coefficient (Wildman–Crippen LogP) is 3.70. The van der Waals surface area contributed by atoms with Crippen molar-refractivity contribution >= 4 is 17.5 Å². The van der Waals surface area contributed by atoms with Crippen molar-refractivity contribution in [2.45, 2.75) is 20.0 Å². The number of halogens is 1. The van der Waals surface area contributed by atoms with Gasteiger partial charge >= 0.3 is 0 Å². The first-order valence-corrected chi connectivity index (χ1v) is 8.16. The van der Waals surface area contributed by atoms with Gasteiger partial charge in [-0.2, -0.15) is 0 Å². The van der Waals surface area contributed by atoms with Gasteiger partial charge in [-0.3, -0.25) is 0 Å². The highest BCUT2D eigenvalue weighted by atomic mass is 35.5. The van der Waals surface area contributed by atoms with Crippen LogP contribution in [-0.4, -0.2) is 15.0 Å².